The van der Waals surface area contributed by atoms with E-state index in [-0.39, 0.29) is 11.8 Å². The Balaban J connectivity index is 1.85. The molecule has 0 heterocycles. The molecule has 1 amide bonds. The van der Waals surface area contributed by atoms with Gasteiger partial charge in [0.25, 0.3) is 5.91 Å². The molecule has 2 aromatic carbocycles. The first kappa shape index (κ1) is 19.5. The first-order valence-electron chi connectivity index (χ1n) is 8.69. The molecule has 0 spiro atoms. The van der Waals surface area contributed by atoms with Crippen LogP contribution in [0.25, 0.3) is 0 Å². The molecule has 1 N–H and O–H groups in total. The molecule has 2 rings (SSSR count). The Bertz CT molecular complexity index is 727. The van der Waals surface area contributed by atoms with Crippen molar-refractivity contribution in [1.82, 2.24) is 5.32 Å². The van der Waals surface area contributed by atoms with E-state index in [0.29, 0.717) is 12.1 Å². The topological polar surface area (TPSA) is 58.6 Å². The minimum atomic E-state index is -0.848. The van der Waals surface area contributed by atoms with Gasteiger partial charge in [-0.3, -0.25) is 4.79 Å². The largest absolute Gasteiger partial charge is 0.449 e. The SMILES string of the molecule is C[C@H](OC(=O)c1ccc(N(C)C)cc1)C(=O)NC[C@H](C)c1ccccc1. The van der Waals surface area contributed by atoms with Gasteiger partial charge in [0.05, 0.1) is 5.56 Å². The van der Waals surface area contributed by atoms with E-state index in [4.69, 9.17) is 4.74 Å². The molecule has 0 bridgehead atoms. The van der Waals surface area contributed by atoms with Crippen LogP contribution in [0.4, 0.5) is 5.69 Å². The van der Waals surface area contributed by atoms with E-state index < -0.39 is 12.1 Å². The van der Waals surface area contributed by atoms with Crippen molar-refractivity contribution in [3.05, 3.63) is 65.7 Å². The molecule has 0 aliphatic heterocycles. The van der Waals surface area contributed by atoms with Gasteiger partial charge in [0.1, 0.15) is 0 Å². The van der Waals surface area contributed by atoms with Crippen molar-refractivity contribution in [2.75, 3.05) is 25.5 Å². The summed E-state index contributed by atoms with van der Waals surface area (Å²) in [7, 11) is 3.85. The minimum absolute atomic E-state index is 0.182. The number of anilines is 1. The van der Waals surface area contributed by atoms with Crippen LogP contribution in [-0.2, 0) is 9.53 Å². The molecule has 0 radical (unpaired) electrons. The van der Waals surface area contributed by atoms with Crippen molar-refractivity contribution < 1.29 is 14.3 Å². The Morgan fingerprint density at radius 3 is 2.19 bits per heavy atom. The molecular weight excluding hydrogens is 328 g/mol. The second-order valence-corrected chi connectivity index (χ2v) is 6.55. The molecule has 5 nitrogen and oxygen atoms in total. The van der Waals surface area contributed by atoms with Crippen LogP contribution >= 0.6 is 0 Å². The lowest BCUT2D eigenvalue weighted by molar-refractivity contribution is -0.129. The predicted octanol–water partition coefficient (Wildman–Crippen LogP) is 3.22. The maximum Gasteiger partial charge on any atom is 0.338 e. The quantitative estimate of drug-likeness (QED) is 0.776. The Morgan fingerprint density at radius 1 is 1.00 bits per heavy atom. The zero-order chi connectivity index (χ0) is 19.1. The first-order chi connectivity index (χ1) is 12.4. The van der Waals surface area contributed by atoms with Crippen LogP contribution < -0.4 is 10.2 Å². The molecule has 138 valence electrons. The maximum atomic E-state index is 12.2. The van der Waals surface area contributed by atoms with E-state index in [1.165, 1.54) is 0 Å². The van der Waals surface area contributed by atoms with Gasteiger partial charge in [-0.1, -0.05) is 37.3 Å². The van der Waals surface area contributed by atoms with Crippen molar-refractivity contribution in [3.63, 3.8) is 0 Å². The maximum absolute atomic E-state index is 12.2. The zero-order valence-electron chi connectivity index (χ0n) is 15.7. The van der Waals surface area contributed by atoms with Crippen molar-refractivity contribution in [3.8, 4) is 0 Å². The molecular formula is C21H26N2O3. The number of nitrogens with one attached hydrogen (secondary N) is 1. The summed E-state index contributed by atoms with van der Waals surface area (Å²) >= 11 is 0. The van der Waals surface area contributed by atoms with Crippen LogP contribution in [0.2, 0.25) is 0 Å². The third kappa shape index (κ3) is 5.34. The third-order valence-corrected chi connectivity index (χ3v) is 4.22. The van der Waals surface area contributed by atoms with Gasteiger partial charge < -0.3 is 15.0 Å². The molecule has 0 aliphatic rings. The van der Waals surface area contributed by atoms with Crippen LogP contribution in [0.15, 0.2) is 54.6 Å². The molecule has 5 heteroatoms. The number of benzene rings is 2. The van der Waals surface area contributed by atoms with Crippen LogP contribution in [0, 0.1) is 0 Å². The van der Waals surface area contributed by atoms with Gasteiger partial charge in [0.15, 0.2) is 6.10 Å². The van der Waals surface area contributed by atoms with Crippen LogP contribution in [0.3, 0.4) is 0 Å². The molecule has 0 aliphatic carbocycles. The summed E-state index contributed by atoms with van der Waals surface area (Å²) in [6, 6.07) is 17.0. The van der Waals surface area contributed by atoms with Gasteiger partial charge in [-0.25, -0.2) is 4.79 Å². The van der Waals surface area contributed by atoms with Gasteiger partial charge in [0.2, 0.25) is 0 Å². The van der Waals surface area contributed by atoms with E-state index in [9.17, 15) is 9.59 Å². The van der Waals surface area contributed by atoms with E-state index >= 15 is 0 Å². The van der Waals surface area contributed by atoms with E-state index in [0.717, 1.165) is 11.3 Å². The highest BCUT2D eigenvalue weighted by atomic mass is 16.5. The first-order valence-corrected chi connectivity index (χ1v) is 8.69. The average Bonchev–Trinajstić information content (AvgIpc) is 2.66. The molecule has 2 atom stereocenters. The summed E-state index contributed by atoms with van der Waals surface area (Å²) in [5.74, 6) is -0.623. The number of amides is 1. The summed E-state index contributed by atoms with van der Waals surface area (Å²) < 4.78 is 5.27. The second kappa shape index (κ2) is 9.04. The van der Waals surface area contributed by atoms with Crippen LogP contribution in [0.5, 0.6) is 0 Å². The molecule has 0 aromatic heterocycles. The Labute approximate surface area is 155 Å². The third-order valence-electron chi connectivity index (χ3n) is 4.22. The predicted molar refractivity (Wildman–Crippen MR) is 104 cm³/mol. The fourth-order valence-electron chi connectivity index (χ4n) is 2.47. The number of nitrogens with zero attached hydrogens (tertiary/aromatic N) is 1. The average molecular weight is 354 g/mol. The van der Waals surface area contributed by atoms with Crippen molar-refractivity contribution >= 4 is 17.6 Å². The number of esters is 1. The highest BCUT2D eigenvalue weighted by molar-refractivity contribution is 5.92. The second-order valence-electron chi connectivity index (χ2n) is 6.55. The molecule has 26 heavy (non-hydrogen) atoms. The fraction of sp³-hybridized carbons (Fsp3) is 0.333. The van der Waals surface area contributed by atoms with Crippen LogP contribution in [0.1, 0.15) is 35.7 Å². The van der Waals surface area contributed by atoms with E-state index in [1.807, 2.05) is 68.4 Å². The van der Waals surface area contributed by atoms with E-state index in [2.05, 4.69) is 5.32 Å². The molecule has 0 unspecified atom stereocenters. The lowest BCUT2D eigenvalue weighted by Crippen LogP contribution is -2.37. The summed E-state index contributed by atoms with van der Waals surface area (Å²) in [5.41, 5.74) is 2.56. The number of carbonyl (C=O) groups excluding carboxylic acids is 2. The number of rotatable bonds is 7. The number of hydrogen-bond acceptors (Lipinski definition) is 4. The van der Waals surface area contributed by atoms with Gasteiger partial charge >= 0.3 is 5.97 Å². The normalized spacial score (nSPS) is 12.8. The fourth-order valence-corrected chi connectivity index (χ4v) is 2.47. The highest BCUT2D eigenvalue weighted by Gasteiger charge is 2.19. The monoisotopic (exact) mass is 354 g/mol. The summed E-state index contributed by atoms with van der Waals surface area (Å²) in [6.45, 7) is 4.11. The standard InChI is InChI=1S/C21H26N2O3/c1-15(17-8-6-5-7-9-17)14-22-20(24)16(2)26-21(25)18-10-12-19(13-11-18)23(3)4/h5-13,15-16H,14H2,1-4H3,(H,22,24)/t15-,16-/m0/s1. The summed E-state index contributed by atoms with van der Waals surface area (Å²) in [6.07, 6.45) is -0.848. The summed E-state index contributed by atoms with van der Waals surface area (Å²) in [4.78, 5) is 26.3. The van der Waals surface area contributed by atoms with Gasteiger partial charge in [-0.05, 0) is 42.7 Å². The highest BCUT2D eigenvalue weighted by Crippen LogP contribution is 2.15. The molecule has 0 saturated heterocycles. The van der Waals surface area contributed by atoms with E-state index in [1.54, 1.807) is 19.1 Å². The number of carbonyl (C=O) groups is 2. The summed E-state index contributed by atoms with van der Waals surface area (Å²) in [5, 5.41) is 2.84. The van der Waals surface area contributed by atoms with Crippen molar-refractivity contribution in [1.29, 1.82) is 0 Å². The Hall–Kier alpha value is -2.82. The lowest BCUT2D eigenvalue weighted by atomic mass is 10.0. The Kier molecular flexibility index (Phi) is 6.78. The van der Waals surface area contributed by atoms with Crippen LogP contribution in [-0.4, -0.2) is 38.6 Å². The molecule has 0 saturated carbocycles. The smallest absolute Gasteiger partial charge is 0.338 e. The molecule has 0 fully saturated rings. The van der Waals surface area contributed by atoms with Crippen molar-refractivity contribution in [2.24, 2.45) is 0 Å². The van der Waals surface area contributed by atoms with Crippen molar-refractivity contribution in [2.45, 2.75) is 25.9 Å². The number of ether oxygens (including phenoxy) is 1. The van der Waals surface area contributed by atoms with Gasteiger partial charge in [-0.2, -0.15) is 0 Å². The number of hydrogen-bond donors (Lipinski definition) is 1. The van der Waals surface area contributed by atoms with Gasteiger partial charge in [-0.15, -0.1) is 0 Å². The lowest BCUT2D eigenvalue weighted by Gasteiger charge is -2.17. The minimum Gasteiger partial charge on any atom is -0.449 e. The van der Waals surface area contributed by atoms with Gasteiger partial charge in [0, 0.05) is 26.3 Å². The Morgan fingerprint density at radius 2 is 1.62 bits per heavy atom. The molecule has 2 aromatic rings. The zero-order valence-corrected chi connectivity index (χ0v) is 15.7.